The average Bonchev–Trinajstić information content (AvgIpc) is 2.86. The number of nitrogens with zero attached hydrogens (tertiary/aromatic N) is 1. The number of rotatable bonds is 4. The van der Waals surface area contributed by atoms with Crippen LogP contribution in [0.3, 0.4) is 0 Å². The molecule has 0 saturated heterocycles. The van der Waals surface area contributed by atoms with E-state index in [0.717, 1.165) is 22.6 Å². The van der Waals surface area contributed by atoms with Gasteiger partial charge in [-0.05, 0) is 76.9 Å². The zero-order chi connectivity index (χ0) is 28.7. The molecule has 5 aromatic rings. The van der Waals surface area contributed by atoms with Crippen LogP contribution in [-0.4, -0.2) is 6.18 Å². The van der Waals surface area contributed by atoms with Crippen molar-refractivity contribution in [2.45, 2.75) is 70.4 Å². The number of hydrogen-bond donors (Lipinski definition) is 0. The maximum absolute atomic E-state index is 13.7. The topological polar surface area (TPSA) is 3.88 Å². The second-order valence-corrected chi connectivity index (χ2v) is 13.7. The molecule has 4 aromatic carbocycles. The van der Waals surface area contributed by atoms with E-state index in [1.165, 1.54) is 67.7 Å². The fourth-order valence-corrected chi connectivity index (χ4v) is 7.71. The molecule has 5 heteroatoms. The Balaban J connectivity index is 1.67. The molecule has 1 nitrogen and oxygen atoms in total. The Kier molecular flexibility index (Phi) is 6.27. The first-order chi connectivity index (χ1) is 18.8. The van der Waals surface area contributed by atoms with Crippen molar-refractivity contribution in [1.29, 1.82) is 0 Å². The van der Waals surface area contributed by atoms with Crippen LogP contribution in [0.2, 0.25) is 0 Å². The number of pyridine rings is 1. The summed E-state index contributed by atoms with van der Waals surface area (Å²) in [6.45, 7) is 11.5. The van der Waals surface area contributed by atoms with E-state index >= 15 is 0 Å². The lowest BCUT2D eigenvalue weighted by Gasteiger charge is -2.28. The van der Waals surface area contributed by atoms with Gasteiger partial charge in [0, 0.05) is 21.2 Å². The van der Waals surface area contributed by atoms with Gasteiger partial charge in [0.1, 0.15) is 7.05 Å². The maximum Gasteiger partial charge on any atom is 0.394 e. The van der Waals surface area contributed by atoms with Gasteiger partial charge in [-0.3, -0.25) is 0 Å². The van der Waals surface area contributed by atoms with E-state index in [-0.39, 0.29) is 6.42 Å². The number of hydrogen-bond acceptors (Lipinski definition) is 1. The van der Waals surface area contributed by atoms with E-state index in [2.05, 4.69) is 75.8 Å². The fourth-order valence-electron chi connectivity index (χ4n) is 6.33. The molecule has 1 aromatic heterocycles. The van der Waals surface area contributed by atoms with Gasteiger partial charge in [0.25, 0.3) is 0 Å². The highest BCUT2D eigenvalue weighted by Crippen LogP contribution is 2.53. The molecule has 0 unspecified atom stereocenters. The third kappa shape index (κ3) is 4.20. The molecule has 2 heterocycles. The molecule has 0 fully saturated rings. The van der Waals surface area contributed by atoms with Gasteiger partial charge in [0.15, 0.2) is 6.20 Å². The Hall–Kier alpha value is -3.05. The zero-order valence-electron chi connectivity index (χ0n) is 24.2. The summed E-state index contributed by atoms with van der Waals surface area (Å²) in [5.41, 5.74) is 5.32. The van der Waals surface area contributed by atoms with Crippen molar-refractivity contribution < 1.29 is 17.7 Å². The lowest BCUT2D eigenvalue weighted by atomic mass is 9.84. The highest BCUT2D eigenvalue weighted by atomic mass is 32.2. The van der Waals surface area contributed by atoms with Crippen LogP contribution in [0.1, 0.15) is 49.9 Å². The smallest absolute Gasteiger partial charge is 0.200 e. The molecular formula is C35H35F3NS+. The minimum absolute atomic E-state index is 0.0518. The van der Waals surface area contributed by atoms with Gasteiger partial charge in [-0.2, -0.15) is 13.2 Å². The normalized spacial score (nSPS) is 13.6. The molecule has 0 spiro atoms. The SMILES string of the molecule is Cc1ccc2c(CC(C)C)c3c(c(C)c2c1)-c1c2c(cc4ccc(CC(C)(C)C(F)(F)F)cc4c2cc[n+]1C)S3. The number of benzene rings is 4. The number of fused-ring (bicyclic) bond motifs is 5. The van der Waals surface area contributed by atoms with Crippen molar-refractivity contribution in [3.8, 4) is 11.3 Å². The van der Waals surface area contributed by atoms with Gasteiger partial charge in [-0.25, -0.2) is 4.57 Å². The Morgan fingerprint density at radius 2 is 1.62 bits per heavy atom. The predicted octanol–water partition coefficient (Wildman–Crippen LogP) is 10.0. The molecule has 0 saturated carbocycles. The monoisotopic (exact) mass is 558 g/mol. The molecule has 6 rings (SSSR count). The summed E-state index contributed by atoms with van der Waals surface area (Å²) in [6.07, 6.45) is -1.21. The van der Waals surface area contributed by atoms with Crippen LogP contribution in [0.25, 0.3) is 43.6 Å². The van der Waals surface area contributed by atoms with Crippen molar-refractivity contribution in [3.63, 3.8) is 0 Å². The maximum atomic E-state index is 13.7. The molecule has 206 valence electrons. The molecule has 0 aliphatic carbocycles. The standard InChI is InChI=1S/C35H35F3NS/c1-19(2)14-28-24-11-8-20(3)15-26(24)21(4)30-32-31-25(12-13-39(32)7)27-16-22(18-34(5,6)35(36,37)38)9-10-23(27)17-29(31)40-33(28)30/h8-13,15-17,19H,14,18H2,1-7H3/q+1. The van der Waals surface area contributed by atoms with E-state index in [9.17, 15) is 13.2 Å². The van der Waals surface area contributed by atoms with Crippen molar-refractivity contribution >= 4 is 44.1 Å². The van der Waals surface area contributed by atoms with Crippen molar-refractivity contribution in [1.82, 2.24) is 0 Å². The Morgan fingerprint density at radius 3 is 2.33 bits per heavy atom. The van der Waals surface area contributed by atoms with Crippen LogP contribution in [0.4, 0.5) is 13.2 Å². The predicted molar refractivity (Wildman–Crippen MR) is 161 cm³/mol. The van der Waals surface area contributed by atoms with Gasteiger partial charge in [0.2, 0.25) is 5.69 Å². The minimum atomic E-state index is -4.26. The summed E-state index contributed by atoms with van der Waals surface area (Å²) >= 11 is 1.86. The van der Waals surface area contributed by atoms with Crippen LogP contribution >= 0.6 is 11.8 Å². The molecule has 0 radical (unpaired) electrons. The fraction of sp³-hybridized carbons (Fsp3) is 0.343. The summed E-state index contributed by atoms with van der Waals surface area (Å²) in [5, 5.41) is 6.99. The summed E-state index contributed by atoms with van der Waals surface area (Å²) in [4.78, 5) is 2.54. The molecular weight excluding hydrogens is 523 g/mol. The first kappa shape index (κ1) is 27.1. The van der Waals surface area contributed by atoms with Crippen LogP contribution in [0.5, 0.6) is 0 Å². The van der Waals surface area contributed by atoms with E-state index in [4.69, 9.17) is 0 Å². The summed E-state index contributed by atoms with van der Waals surface area (Å²) < 4.78 is 43.4. The lowest BCUT2D eigenvalue weighted by Crippen LogP contribution is -2.34. The van der Waals surface area contributed by atoms with Gasteiger partial charge >= 0.3 is 6.18 Å². The lowest BCUT2D eigenvalue weighted by molar-refractivity contribution is -0.659. The van der Waals surface area contributed by atoms with E-state index < -0.39 is 11.6 Å². The zero-order valence-corrected chi connectivity index (χ0v) is 25.0. The van der Waals surface area contributed by atoms with Gasteiger partial charge in [0.05, 0.1) is 16.4 Å². The highest BCUT2D eigenvalue weighted by Gasteiger charge is 2.47. The molecule has 1 aliphatic rings. The summed E-state index contributed by atoms with van der Waals surface area (Å²) in [7, 11) is 2.10. The second kappa shape index (κ2) is 9.24. The van der Waals surface area contributed by atoms with Crippen molar-refractivity contribution in [2.75, 3.05) is 0 Å². The van der Waals surface area contributed by atoms with Crippen molar-refractivity contribution in [2.24, 2.45) is 18.4 Å². The Labute approximate surface area is 238 Å². The van der Waals surface area contributed by atoms with Crippen LogP contribution in [-0.2, 0) is 19.9 Å². The molecule has 0 bridgehead atoms. The largest absolute Gasteiger partial charge is 0.394 e. The third-order valence-electron chi connectivity index (χ3n) is 8.52. The minimum Gasteiger partial charge on any atom is -0.200 e. The van der Waals surface area contributed by atoms with Gasteiger partial charge in [-0.15, -0.1) is 0 Å². The van der Waals surface area contributed by atoms with Gasteiger partial charge < -0.3 is 0 Å². The Morgan fingerprint density at radius 1 is 0.875 bits per heavy atom. The van der Waals surface area contributed by atoms with Crippen molar-refractivity contribution in [3.05, 3.63) is 77.0 Å². The highest BCUT2D eigenvalue weighted by molar-refractivity contribution is 8.00. The second-order valence-electron chi connectivity index (χ2n) is 12.6. The quantitative estimate of drug-likeness (QED) is 0.154. The molecule has 40 heavy (non-hydrogen) atoms. The summed E-state index contributed by atoms with van der Waals surface area (Å²) in [5.74, 6) is 0.513. The summed E-state index contributed by atoms with van der Waals surface area (Å²) in [6, 6.07) is 17.0. The molecule has 0 N–H and O–H groups in total. The number of halogens is 3. The van der Waals surface area contributed by atoms with Crippen LogP contribution in [0.15, 0.2) is 64.5 Å². The van der Waals surface area contributed by atoms with Gasteiger partial charge in [-0.1, -0.05) is 81.4 Å². The molecule has 0 amide bonds. The first-order valence-corrected chi connectivity index (χ1v) is 14.8. The molecule has 0 atom stereocenters. The number of aromatic nitrogens is 1. The van der Waals surface area contributed by atoms with Crippen LogP contribution in [0, 0.1) is 25.2 Å². The third-order valence-corrected chi connectivity index (χ3v) is 9.72. The first-order valence-electron chi connectivity index (χ1n) is 14.0. The van der Waals surface area contributed by atoms with E-state index in [0.29, 0.717) is 11.5 Å². The average molecular weight is 559 g/mol. The molecule has 1 aliphatic heterocycles. The van der Waals surface area contributed by atoms with E-state index in [1.54, 1.807) is 0 Å². The number of alkyl halides is 3. The van der Waals surface area contributed by atoms with Crippen LogP contribution < -0.4 is 4.57 Å². The Bertz CT molecular complexity index is 1850. The van der Waals surface area contributed by atoms with E-state index in [1.807, 2.05) is 30.0 Å². The number of aryl methyl sites for hydroxylation is 3.